The highest BCUT2D eigenvalue weighted by atomic mass is 16.5. The van der Waals surface area contributed by atoms with Gasteiger partial charge in [-0.3, -0.25) is 14.5 Å². The average molecular weight is 434 g/mol. The van der Waals surface area contributed by atoms with E-state index in [9.17, 15) is 14.7 Å². The third kappa shape index (κ3) is 4.21. The number of hydrogen-bond donors (Lipinski definition) is 2. The fourth-order valence-corrected chi connectivity index (χ4v) is 4.83. The minimum atomic E-state index is -0.886. The number of nitrogens with zero attached hydrogens (tertiary/aromatic N) is 2. The van der Waals surface area contributed by atoms with Gasteiger partial charge in [0.15, 0.2) is 0 Å². The second-order valence-corrected chi connectivity index (χ2v) is 8.62. The average Bonchev–Trinajstić information content (AvgIpc) is 3.40. The van der Waals surface area contributed by atoms with Gasteiger partial charge in [0.1, 0.15) is 11.5 Å². The zero-order valence-corrected chi connectivity index (χ0v) is 17.9. The van der Waals surface area contributed by atoms with Gasteiger partial charge < -0.3 is 19.7 Å². The van der Waals surface area contributed by atoms with Crippen LogP contribution in [0.4, 0.5) is 0 Å². The normalized spacial score (nSPS) is 19.4. The summed E-state index contributed by atoms with van der Waals surface area (Å²) in [7, 11) is 0. The fraction of sp³-hybridized carbons (Fsp3) is 0.360. The van der Waals surface area contributed by atoms with E-state index in [0.717, 1.165) is 52.9 Å². The molecule has 2 aromatic carbocycles. The predicted octanol–water partition coefficient (Wildman–Crippen LogP) is 3.78. The van der Waals surface area contributed by atoms with Gasteiger partial charge in [0.05, 0.1) is 12.5 Å². The number of benzene rings is 2. The first-order valence-corrected chi connectivity index (χ1v) is 11.2. The van der Waals surface area contributed by atoms with Crippen LogP contribution in [0.3, 0.4) is 0 Å². The molecule has 0 saturated carbocycles. The molecule has 166 valence electrons. The van der Waals surface area contributed by atoms with Crippen LogP contribution in [0, 0.1) is 0 Å². The van der Waals surface area contributed by atoms with Crippen LogP contribution in [0.2, 0.25) is 0 Å². The Morgan fingerprint density at radius 1 is 1.16 bits per heavy atom. The predicted molar refractivity (Wildman–Crippen MR) is 121 cm³/mol. The summed E-state index contributed by atoms with van der Waals surface area (Å²) in [4.78, 5) is 32.0. The second-order valence-electron chi connectivity index (χ2n) is 8.62. The first kappa shape index (κ1) is 20.6. The van der Waals surface area contributed by atoms with Gasteiger partial charge in [-0.15, -0.1) is 0 Å². The Kier molecular flexibility index (Phi) is 5.57. The number of nitrogens with one attached hydrogen (secondary N) is 1. The summed E-state index contributed by atoms with van der Waals surface area (Å²) in [6.45, 7) is 2.24. The minimum absolute atomic E-state index is 0.0338. The fourth-order valence-electron chi connectivity index (χ4n) is 4.83. The number of aliphatic carboxylic acids is 1. The quantitative estimate of drug-likeness (QED) is 0.657. The Bertz CT molecular complexity index is 1160. The van der Waals surface area contributed by atoms with E-state index in [1.807, 2.05) is 42.6 Å². The maximum Gasteiger partial charge on any atom is 0.305 e. The van der Waals surface area contributed by atoms with Gasteiger partial charge in [-0.05, 0) is 67.3 Å². The maximum atomic E-state index is 13.5. The minimum Gasteiger partial charge on any atom is -0.481 e. The SMILES string of the molecule is O=C(O)CCN1CCc2c[nH]c3ccc(cc23)Oc2cccc(c2)CN2CCC[C@H]2C1=O. The van der Waals surface area contributed by atoms with Crippen LogP contribution in [0.25, 0.3) is 10.9 Å². The van der Waals surface area contributed by atoms with Crippen molar-refractivity contribution in [3.8, 4) is 11.5 Å². The molecule has 1 fully saturated rings. The highest BCUT2D eigenvalue weighted by Crippen LogP contribution is 2.30. The molecule has 0 radical (unpaired) electrons. The Labute approximate surface area is 186 Å². The lowest BCUT2D eigenvalue weighted by molar-refractivity contribution is -0.140. The number of carboxylic acids is 1. The lowest BCUT2D eigenvalue weighted by Crippen LogP contribution is -2.46. The third-order valence-electron chi connectivity index (χ3n) is 6.47. The van der Waals surface area contributed by atoms with E-state index >= 15 is 0 Å². The number of amides is 1. The number of fused-ring (bicyclic) bond motifs is 4. The van der Waals surface area contributed by atoms with E-state index in [2.05, 4.69) is 16.0 Å². The van der Waals surface area contributed by atoms with Crippen molar-refractivity contribution in [3.63, 3.8) is 0 Å². The molecule has 2 aliphatic heterocycles. The third-order valence-corrected chi connectivity index (χ3v) is 6.47. The number of carbonyl (C=O) groups excluding carboxylic acids is 1. The summed E-state index contributed by atoms with van der Waals surface area (Å²) in [5.41, 5.74) is 3.19. The lowest BCUT2D eigenvalue weighted by atomic mass is 10.1. The van der Waals surface area contributed by atoms with Crippen molar-refractivity contribution in [1.82, 2.24) is 14.8 Å². The first-order valence-electron chi connectivity index (χ1n) is 11.2. The van der Waals surface area contributed by atoms with Crippen LogP contribution >= 0.6 is 0 Å². The molecule has 0 aliphatic carbocycles. The maximum absolute atomic E-state index is 13.5. The molecule has 32 heavy (non-hydrogen) atoms. The number of carboxylic acid groups (broad SMARTS) is 1. The van der Waals surface area contributed by atoms with Crippen molar-refractivity contribution in [2.75, 3.05) is 19.6 Å². The number of aromatic nitrogens is 1. The zero-order valence-electron chi connectivity index (χ0n) is 17.9. The van der Waals surface area contributed by atoms with E-state index in [0.29, 0.717) is 19.5 Å². The molecule has 2 N–H and O–H groups in total. The molecule has 1 aromatic heterocycles. The molecule has 1 saturated heterocycles. The molecule has 1 atom stereocenters. The number of carbonyl (C=O) groups is 2. The van der Waals surface area contributed by atoms with Crippen molar-refractivity contribution < 1.29 is 19.4 Å². The molecule has 0 spiro atoms. The largest absolute Gasteiger partial charge is 0.481 e. The van der Waals surface area contributed by atoms with E-state index in [4.69, 9.17) is 4.74 Å². The summed E-state index contributed by atoms with van der Waals surface area (Å²) in [6, 6.07) is 13.8. The zero-order chi connectivity index (χ0) is 22.1. The molecule has 2 aliphatic rings. The molecule has 1 amide bonds. The Morgan fingerprint density at radius 2 is 2.03 bits per heavy atom. The molecule has 4 bridgehead atoms. The molecule has 3 aromatic rings. The topological polar surface area (TPSA) is 85.9 Å². The van der Waals surface area contributed by atoms with Crippen molar-refractivity contribution >= 4 is 22.8 Å². The van der Waals surface area contributed by atoms with Crippen molar-refractivity contribution in [2.24, 2.45) is 0 Å². The molecular formula is C25H27N3O4. The van der Waals surface area contributed by atoms with Gasteiger partial charge in [-0.2, -0.15) is 0 Å². The van der Waals surface area contributed by atoms with Crippen LogP contribution in [0.1, 0.15) is 30.4 Å². The van der Waals surface area contributed by atoms with Crippen LogP contribution in [0.15, 0.2) is 48.7 Å². The summed E-state index contributed by atoms with van der Waals surface area (Å²) < 4.78 is 6.17. The van der Waals surface area contributed by atoms with Crippen LogP contribution in [-0.2, 0) is 22.6 Å². The number of aromatic amines is 1. The van der Waals surface area contributed by atoms with E-state index < -0.39 is 5.97 Å². The van der Waals surface area contributed by atoms with E-state index in [1.165, 1.54) is 0 Å². The highest BCUT2D eigenvalue weighted by Gasteiger charge is 2.33. The summed E-state index contributed by atoms with van der Waals surface area (Å²) in [5, 5.41) is 10.3. The standard InChI is InChI=1S/C25H27N3O4/c29-24(30)9-12-27-11-8-18-15-26-22-7-6-20(14-21(18)22)32-19-4-1-3-17(13-19)16-28-10-2-5-23(28)25(27)31/h1,3-4,6-7,13-15,23,26H,2,5,8-12,16H2,(H,29,30)/t23-/m0/s1. The van der Waals surface area contributed by atoms with Gasteiger partial charge in [0.25, 0.3) is 0 Å². The summed E-state index contributed by atoms with van der Waals surface area (Å²) >= 11 is 0. The highest BCUT2D eigenvalue weighted by molar-refractivity contribution is 5.85. The van der Waals surface area contributed by atoms with Crippen molar-refractivity contribution in [1.29, 1.82) is 0 Å². The molecule has 0 unspecified atom stereocenters. The van der Waals surface area contributed by atoms with Crippen LogP contribution < -0.4 is 4.74 Å². The van der Waals surface area contributed by atoms with Crippen LogP contribution in [0.5, 0.6) is 11.5 Å². The van der Waals surface area contributed by atoms with E-state index in [-0.39, 0.29) is 24.9 Å². The van der Waals surface area contributed by atoms with Crippen molar-refractivity contribution in [2.45, 2.75) is 38.3 Å². The monoisotopic (exact) mass is 433 g/mol. The Morgan fingerprint density at radius 3 is 2.91 bits per heavy atom. The van der Waals surface area contributed by atoms with Gasteiger partial charge in [0.2, 0.25) is 5.91 Å². The lowest BCUT2D eigenvalue weighted by Gasteiger charge is -2.30. The van der Waals surface area contributed by atoms with Gasteiger partial charge in [-0.25, -0.2) is 0 Å². The number of ether oxygens (including phenoxy) is 1. The molecule has 5 rings (SSSR count). The smallest absolute Gasteiger partial charge is 0.305 e. The molecule has 3 heterocycles. The molecule has 7 heteroatoms. The van der Waals surface area contributed by atoms with Gasteiger partial charge in [0, 0.05) is 36.7 Å². The number of H-pyrrole nitrogens is 1. The van der Waals surface area contributed by atoms with Gasteiger partial charge in [-0.1, -0.05) is 12.1 Å². The Balaban J connectivity index is 1.53. The summed E-state index contributed by atoms with van der Waals surface area (Å²) in [6.07, 6.45) is 4.33. The van der Waals surface area contributed by atoms with Crippen molar-refractivity contribution in [3.05, 3.63) is 59.8 Å². The number of rotatable bonds is 3. The van der Waals surface area contributed by atoms with Crippen LogP contribution in [-0.4, -0.2) is 57.4 Å². The molecular weight excluding hydrogens is 406 g/mol. The first-order chi connectivity index (χ1) is 15.6. The Hall–Kier alpha value is -3.32. The van der Waals surface area contributed by atoms with E-state index in [1.54, 1.807) is 4.90 Å². The molecule has 7 nitrogen and oxygen atoms in total. The van der Waals surface area contributed by atoms with Gasteiger partial charge >= 0.3 is 5.97 Å². The number of hydrogen-bond acceptors (Lipinski definition) is 4. The summed E-state index contributed by atoms with van der Waals surface area (Å²) in [5.74, 6) is 0.691. The second kappa shape index (κ2) is 8.67.